The van der Waals surface area contributed by atoms with Crippen LogP contribution in [0.1, 0.15) is 17.9 Å². The first-order valence-electron chi connectivity index (χ1n) is 5.48. The lowest BCUT2D eigenvalue weighted by molar-refractivity contribution is -0.138. The predicted octanol–water partition coefficient (Wildman–Crippen LogP) is 2.30. The standard InChI is InChI=1S/C12H11ClO4/c13-9-3-6(7-5-8(7)12(14)15)4-10-11(9)17-2-1-16-10/h3-4,7-8H,1-2,5H2,(H,14,15). The number of hydrogen-bond acceptors (Lipinski definition) is 3. The number of halogens is 1. The van der Waals surface area contributed by atoms with Gasteiger partial charge in [-0.15, -0.1) is 0 Å². The zero-order valence-corrected chi connectivity index (χ0v) is 9.74. The average Bonchev–Trinajstić information content (AvgIpc) is 3.09. The fourth-order valence-corrected chi connectivity index (χ4v) is 2.45. The Kier molecular flexibility index (Phi) is 2.40. The lowest BCUT2D eigenvalue weighted by Crippen LogP contribution is -2.15. The first kappa shape index (κ1) is 10.7. The molecule has 3 rings (SSSR count). The quantitative estimate of drug-likeness (QED) is 0.880. The molecule has 1 aliphatic heterocycles. The van der Waals surface area contributed by atoms with Gasteiger partial charge in [-0.2, -0.15) is 0 Å². The van der Waals surface area contributed by atoms with Crippen LogP contribution in [0, 0.1) is 5.92 Å². The molecule has 90 valence electrons. The molecule has 4 nitrogen and oxygen atoms in total. The van der Waals surface area contributed by atoms with Gasteiger partial charge in [0.25, 0.3) is 0 Å². The van der Waals surface area contributed by atoms with Gasteiger partial charge >= 0.3 is 5.97 Å². The van der Waals surface area contributed by atoms with E-state index in [1.54, 1.807) is 6.07 Å². The van der Waals surface area contributed by atoms with Gasteiger partial charge in [-0.05, 0) is 30.0 Å². The molecule has 0 bridgehead atoms. The van der Waals surface area contributed by atoms with Crippen LogP contribution in [0.2, 0.25) is 5.02 Å². The van der Waals surface area contributed by atoms with Gasteiger partial charge in [0, 0.05) is 0 Å². The van der Waals surface area contributed by atoms with Gasteiger partial charge in [-0.3, -0.25) is 4.79 Å². The largest absolute Gasteiger partial charge is 0.486 e. The number of benzene rings is 1. The van der Waals surface area contributed by atoms with Crippen LogP contribution in [-0.2, 0) is 4.79 Å². The van der Waals surface area contributed by atoms with Crippen molar-refractivity contribution in [2.75, 3.05) is 13.2 Å². The SMILES string of the molecule is O=C(O)C1CC1c1cc(Cl)c2c(c1)OCCO2. The molecule has 2 unspecified atom stereocenters. The minimum absolute atomic E-state index is 0.0563. The number of aliphatic carboxylic acids is 1. The van der Waals surface area contributed by atoms with Gasteiger partial charge in [0.05, 0.1) is 10.9 Å². The highest BCUT2D eigenvalue weighted by Gasteiger charge is 2.44. The number of hydrogen-bond donors (Lipinski definition) is 1. The summed E-state index contributed by atoms with van der Waals surface area (Å²) < 4.78 is 10.9. The van der Waals surface area contributed by atoms with Gasteiger partial charge in [0.1, 0.15) is 13.2 Å². The summed E-state index contributed by atoms with van der Waals surface area (Å²) in [6, 6.07) is 3.62. The van der Waals surface area contributed by atoms with Crippen molar-refractivity contribution in [2.24, 2.45) is 5.92 Å². The second-order valence-electron chi connectivity index (χ2n) is 4.31. The van der Waals surface area contributed by atoms with Crippen LogP contribution in [0.5, 0.6) is 11.5 Å². The van der Waals surface area contributed by atoms with Crippen LogP contribution in [0.15, 0.2) is 12.1 Å². The lowest BCUT2D eigenvalue weighted by atomic mass is 10.1. The van der Waals surface area contributed by atoms with E-state index in [1.807, 2.05) is 6.07 Å². The van der Waals surface area contributed by atoms with Gasteiger partial charge in [-0.1, -0.05) is 11.6 Å². The molecule has 2 aliphatic rings. The molecule has 0 saturated heterocycles. The van der Waals surface area contributed by atoms with Gasteiger partial charge in [0.15, 0.2) is 11.5 Å². The van der Waals surface area contributed by atoms with Gasteiger partial charge in [0.2, 0.25) is 0 Å². The van der Waals surface area contributed by atoms with E-state index in [-0.39, 0.29) is 11.8 Å². The third kappa shape index (κ3) is 1.82. The molecular formula is C12H11ClO4. The third-order valence-electron chi connectivity index (χ3n) is 3.15. The number of carboxylic acid groups (broad SMARTS) is 1. The molecule has 2 atom stereocenters. The highest BCUT2D eigenvalue weighted by Crippen LogP contribution is 2.51. The summed E-state index contributed by atoms with van der Waals surface area (Å²) in [6.07, 6.45) is 0.672. The summed E-state index contributed by atoms with van der Waals surface area (Å²) in [5.41, 5.74) is 0.923. The Labute approximate surface area is 103 Å². The van der Waals surface area contributed by atoms with Crippen LogP contribution < -0.4 is 9.47 Å². The van der Waals surface area contributed by atoms with Crippen LogP contribution in [0.4, 0.5) is 0 Å². The minimum Gasteiger partial charge on any atom is -0.486 e. The van der Waals surface area contributed by atoms with Crippen LogP contribution in [0.3, 0.4) is 0 Å². The maximum absolute atomic E-state index is 10.8. The smallest absolute Gasteiger partial charge is 0.307 e. The summed E-state index contributed by atoms with van der Waals surface area (Å²) in [5, 5.41) is 9.40. The second-order valence-corrected chi connectivity index (χ2v) is 4.72. The van der Waals surface area contributed by atoms with Crippen molar-refractivity contribution < 1.29 is 19.4 Å². The predicted molar refractivity (Wildman–Crippen MR) is 60.9 cm³/mol. The molecule has 1 saturated carbocycles. The second kappa shape index (κ2) is 3.81. The summed E-state index contributed by atoms with van der Waals surface area (Å²) in [4.78, 5) is 10.8. The first-order chi connectivity index (χ1) is 8.16. The molecule has 1 heterocycles. The molecule has 0 amide bonds. The average molecular weight is 255 g/mol. The Hall–Kier alpha value is -1.42. The Bertz CT molecular complexity index is 486. The van der Waals surface area contributed by atoms with E-state index in [0.717, 1.165) is 5.56 Å². The van der Waals surface area contributed by atoms with Crippen molar-refractivity contribution in [1.29, 1.82) is 0 Å². The van der Waals surface area contributed by atoms with Gasteiger partial charge in [-0.25, -0.2) is 0 Å². The normalized spacial score (nSPS) is 25.5. The molecule has 5 heteroatoms. The highest BCUT2D eigenvalue weighted by molar-refractivity contribution is 6.32. The molecule has 1 aliphatic carbocycles. The number of ether oxygens (including phenoxy) is 2. The molecule has 0 spiro atoms. The molecule has 1 aromatic rings. The fraction of sp³-hybridized carbons (Fsp3) is 0.417. The van der Waals surface area contributed by atoms with E-state index in [9.17, 15) is 4.79 Å². The van der Waals surface area contributed by atoms with Crippen molar-refractivity contribution >= 4 is 17.6 Å². The molecule has 1 N–H and O–H groups in total. The third-order valence-corrected chi connectivity index (χ3v) is 3.44. The van der Waals surface area contributed by atoms with Crippen LogP contribution in [0.25, 0.3) is 0 Å². The molecule has 1 fully saturated rings. The van der Waals surface area contributed by atoms with Crippen LogP contribution >= 0.6 is 11.6 Å². The number of carboxylic acids is 1. The van der Waals surface area contributed by atoms with Crippen molar-refractivity contribution in [2.45, 2.75) is 12.3 Å². The maximum atomic E-state index is 10.8. The summed E-state index contributed by atoms with van der Waals surface area (Å²) >= 11 is 6.09. The monoisotopic (exact) mass is 254 g/mol. The molecule has 0 radical (unpaired) electrons. The Morgan fingerprint density at radius 3 is 2.82 bits per heavy atom. The maximum Gasteiger partial charge on any atom is 0.307 e. The molecule has 17 heavy (non-hydrogen) atoms. The summed E-state index contributed by atoms with van der Waals surface area (Å²) in [7, 11) is 0. The Morgan fingerprint density at radius 2 is 2.12 bits per heavy atom. The van der Waals surface area contributed by atoms with Gasteiger partial charge < -0.3 is 14.6 Å². The number of rotatable bonds is 2. The zero-order chi connectivity index (χ0) is 12.0. The van der Waals surface area contributed by atoms with Crippen LogP contribution in [-0.4, -0.2) is 24.3 Å². The summed E-state index contributed by atoms with van der Waals surface area (Å²) in [5.74, 6) is 0.208. The van der Waals surface area contributed by atoms with E-state index in [2.05, 4.69) is 0 Å². The fourth-order valence-electron chi connectivity index (χ4n) is 2.18. The van der Waals surface area contributed by atoms with E-state index >= 15 is 0 Å². The molecule has 0 aromatic heterocycles. The minimum atomic E-state index is -0.749. The highest BCUT2D eigenvalue weighted by atomic mass is 35.5. The Balaban J connectivity index is 1.92. The topological polar surface area (TPSA) is 55.8 Å². The van der Waals surface area contributed by atoms with Crippen molar-refractivity contribution in [3.8, 4) is 11.5 Å². The first-order valence-corrected chi connectivity index (χ1v) is 5.86. The van der Waals surface area contributed by atoms with E-state index in [1.165, 1.54) is 0 Å². The summed E-state index contributed by atoms with van der Waals surface area (Å²) in [6.45, 7) is 0.993. The number of fused-ring (bicyclic) bond motifs is 1. The number of carbonyl (C=O) groups is 1. The molecule has 1 aromatic carbocycles. The van der Waals surface area contributed by atoms with Crippen molar-refractivity contribution in [3.05, 3.63) is 22.7 Å². The lowest BCUT2D eigenvalue weighted by Gasteiger charge is -2.20. The van der Waals surface area contributed by atoms with E-state index < -0.39 is 5.97 Å². The van der Waals surface area contributed by atoms with E-state index in [0.29, 0.717) is 36.2 Å². The van der Waals surface area contributed by atoms with E-state index in [4.69, 9.17) is 26.2 Å². The Morgan fingerprint density at radius 1 is 1.35 bits per heavy atom. The molecular weight excluding hydrogens is 244 g/mol. The van der Waals surface area contributed by atoms with Crippen molar-refractivity contribution in [3.63, 3.8) is 0 Å². The van der Waals surface area contributed by atoms with Crippen molar-refractivity contribution in [1.82, 2.24) is 0 Å². The zero-order valence-electron chi connectivity index (χ0n) is 8.98.